The van der Waals surface area contributed by atoms with Crippen LogP contribution >= 0.6 is 0 Å². The molecule has 0 radical (unpaired) electrons. The lowest BCUT2D eigenvalue weighted by Crippen LogP contribution is -2.35. The van der Waals surface area contributed by atoms with E-state index in [9.17, 15) is 0 Å². The molecule has 1 N–H and O–H groups in total. The Bertz CT molecular complexity index is 582. The minimum atomic E-state index is 0.313. The van der Waals surface area contributed by atoms with E-state index >= 15 is 0 Å². The highest BCUT2D eigenvalue weighted by atomic mass is 16.5. The van der Waals surface area contributed by atoms with Crippen molar-refractivity contribution in [2.75, 3.05) is 13.2 Å². The molecule has 1 aliphatic rings. The van der Waals surface area contributed by atoms with Gasteiger partial charge in [-0.2, -0.15) is 4.98 Å². The minimum Gasteiger partial charge on any atom is -0.493 e. The number of hydrogen-bond acceptors (Lipinski definition) is 5. The Morgan fingerprint density at radius 1 is 1.35 bits per heavy atom. The average molecular weight is 273 g/mol. The minimum absolute atomic E-state index is 0.313. The predicted molar refractivity (Wildman–Crippen MR) is 74.6 cm³/mol. The lowest BCUT2D eigenvalue weighted by Gasteiger charge is -2.32. The van der Waals surface area contributed by atoms with Gasteiger partial charge in [0.25, 0.3) is 0 Å². The molecule has 3 rings (SSSR count). The van der Waals surface area contributed by atoms with Gasteiger partial charge in [0.05, 0.1) is 6.61 Å². The van der Waals surface area contributed by atoms with Crippen molar-refractivity contribution < 1.29 is 9.26 Å². The molecule has 20 heavy (non-hydrogen) atoms. The first-order valence-corrected chi connectivity index (χ1v) is 6.98. The second-order valence-electron chi connectivity index (χ2n) is 5.24. The van der Waals surface area contributed by atoms with Crippen LogP contribution in [0.15, 0.2) is 28.8 Å². The molecule has 106 valence electrons. The number of fused-ring (bicyclic) bond motifs is 1. The quantitative estimate of drug-likeness (QED) is 0.926. The number of aromatic nitrogens is 2. The van der Waals surface area contributed by atoms with Gasteiger partial charge in [0, 0.05) is 37.4 Å². The highest BCUT2D eigenvalue weighted by molar-refractivity contribution is 5.37. The van der Waals surface area contributed by atoms with E-state index in [0.717, 1.165) is 31.1 Å². The number of hydrogen-bond donors (Lipinski definition) is 1. The molecule has 0 fully saturated rings. The van der Waals surface area contributed by atoms with Gasteiger partial charge in [-0.1, -0.05) is 30.3 Å². The van der Waals surface area contributed by atoms with Crippen LogP contribution in [-0.2, 0) is 6.42 Å². The maximum absolute atomic E-state index is 5.75. The first kappa shape index (κ1) is 13.1. The highest BCUT2D eigenvalue weighted by Crippen LogP contribution is 2.34. The molecule has 5 nitrogen and oxygen atoms in total. The SMILES string of the molecule is Cc1nc(CCNC2c3ccccc3OCC2C)no1. The fourth-order valence-electron chi connectivity index (χ4n) is 2.59. The summed E-state index contributed by atoms with van der Waals surface area (Å²) in [5, 5.41) is 7.49. The zero-order chi connectivity index (χ0) is 13.9. The molecule has 0 aliphatic carbocycles. The van der Waals surface area contributed by atoms with E-state index in [0.29, 0.717) is 17.9 Å². The molecule has 5 heteroatoms. The maximum atomic E-state index is 5.75. The summed E-state index contributed by atoms with van der Waals surface area (Å²) in [5.74, 6) is 2.79. The summed E-state index contributed by atoms with van der Waals surface area (Å²) in [7, 11) is 0. The zero-order valence-corrected chi connectivity index (χ0v) is 11.8. The number of benzene rings is 1. The second kappa shape index (κ2) is 5.63. The first-order valence-electron chi connectivity index (χ1n) is 6.98. The van der Waals surface area contributed by atoms with E-state index < -0.39 is 0 Å². The maximum Gasteiger partial charge on any atom is 0.223 e. The smallest absolute Gasteiger partial charge is 0.223 e. The van der Waals surface area contributed by atoms with Crippen LogP contribution in [-0.4, -0.2) is 23.3 Å². The van der Waals surface area contributed by atoms with E-state index in [4.69, 9.17) is 9.26 Å². The van der Waals surface area contributed by atoms with Crippen molar-refractivity contribution in [2.45, 2.75) is 26.3 Å². The first-order chi connectivity index (χ1) is 9.74. The Morgan fingerprint density at radius 3 is 3.00 bits per heavy atom. The van der Waals surface area contributed by atoms with Crippen LogP contribution in [0.1, 0.15) is 30.2 Å². The van der Waals surface area contributed by atoms with Gasteiger partial charge < -0.3 is 14.6 Å². The van der Waals surface area contributed by atoms with Crippen molar-refractivity contribution in [2.24, 2.45) is 5.92 Å². The number of aryl methyl sites for hydroxylation is 1. The van der Waals surface area contributed by atoms with Crippen molar-refractivity contribution in [3.8, 4) is 5.75 Å². The number of nitrogens with zero attached hydrogens (tertiary/aromatic N) is 2. The number of nitrogens with one attached hydrogen (secondary N) is 1. The standard InChI is InChI=1S/C15H19N3O2/c1-10-9-19-13-6-4-3-5-12(13)15(10)16-8-7-14-17-11(2)20-18-14/h3-6,10,15-16H,7-9H2,1-2H3. The Labute approximate surface area is 118 Å². The molecule has 1 aliphatic heterocycles. The molecule has 1 aromatic heterocycles. The van der Waals surface area contributed by atoms with Crippen LogP contribution in [0.5, 0.6) is 5.75 Å². The van der Waals surface area contributed by atoms with Crippen LogP contribution in [0.2, 0.25) is 0 Å². The van der Waals surface area contributed by atoms with Crippen LogP contribution in [0.3, 0.4) is 0 Å². The summed E-state index contributed by atoms with van der Waals surface area (Å²) >= 11 is 0. The van der Waals surface area contributed by atoms with Gasteiger partial charge in [0.1, 0.15) is 5.75 Å². The van der Waals surface area contributed by atoms with Gasteiger partial charge in [-0.25, -0.2) is 0 Å². The van der Waals surface area contributed by atoms with Crippen LogP contribution in [0.25, 0.3) is 0 Å². The summed E-state index contributed by atoms with van der Waals surface area (Å²) in [6, 6.07) is 8.53. The van der Waals surface area contributed by atoms with Gasteiger partial charge in [0.15, 0.2) is 5.82 Å². The summed E-state index contributed by atoms with van der Waals surface area (Å²) < 4.78 is 10.7. The lowest BCUT2D eigenvalue weighted by molar-refractivity contribution is 0.189. The fourth-order valence-corrected chi connectivity index (χ4v) is 2.59. The zero-order valence-electron chi connectivity index (χ0n) is 11.8. The monoisotopic (exact) mass is 273 g/mol. The van der Waals surface area contributed by atoms with E-state index in [-0.39, 0.29) is 0 Å². The van der Waals surface area contributed by atoms with Crippen molar-refractivity contribution in [3.63, 3.8) is 0 Å². The number of para-hydroxylation sites is 1. The van der Waals surface area contributed by atoms with Crippen LogP contribution in [0, 0.1) is 12.8 Å². The van der Waals surface area contributed by atoms with Gasteiger partial charge in [-0.15, -0.1) is 0 Å². The van der Waals surface area contributed by atoms with Gasteiger partial charge in [0.2, 0.25) is 5.89 Å². The molecule has 2 heterocycles. The third-order valence-corrected chi connectivity index (χ3v) is 3.61. The molecule has 2 unspecified atom stereocenters. The van der Waals surface area contributed by atoms with Crippen molar-refractivity contribution in [1.82, 2.24) is 15.5 Å². The molecule has 0 bridgehead atoms. The summed E-state index contributed by atoms with van der Waals surface area (Å²) in [4.78, 5) is 4.21. The van der Waals surface area contributed by atoms with Gasteiger partial charge in [-0.3, -0.25) is 0 Å². The average Bonchev–Trinajstić information content (AvgIpc) is 2.87. The van der Waals surface area contributed by atoms with Crippen molar-refractivity contribution >= 4 is 0 Å². The predicted octanol–water partition coefficient (Wildman–Crippen LogP) is 2.28. The van der Waals surface area contributed by atoms with Crippen LogP contribution < -0.4 is 10.1 Å². The topological polar surface area (TPSA) is 60.2 Å². The molecular formula is C15H19N3O2. The van der Waals surface area contributed by atoms with Crippen LogP contribution in [0.4, 0.5) is 0 Å². The third-order valence-electron chi connectivity index (χ3n) is 3.61. The molecular weight excluding hydrogens is 254 g/mol. The Hall–Kier alpha value is -1.88. The summed E-state index contributed by atoms with van der Waals surface area (Å²) in [6.45, 7) is 5.57. The summed E-state index contributed by atoms with van der Waals surface area (Å²) in [5.41, 5.74) is 1.23. The van der Waals surface area contributed by atoms with Crippen molar-refractivity contribution in [3.05, 3.63) is 41.5 Å². The molecule has 1 aromatic carbocycles. The summed E-state index contributed by atoms with van der Waals surface area (Å²) in [6.07, 6.45) is 0.767. The molecule has 0 spiro atoms. The van der Waals surface area contributed by atoms with Gasteiger partial charge in [-0.05, 0) is 6.07 Å². The Balaban J connectivity index is 1.64. The fraction of sp³-hybridized carbons (Fsp3) is 0.467. The second-order valence-corrected chi connectivity index (χ2v) is 5.24. The normalized spacial score (nSPS) is 21.3. The van der Waals surface area contributed by atoms with E-state index in [1.54, 1.807) is 6.92 Å². The molecule has 0 saturated carbocycles. The van der Waals surface area contributed by atoms with E-state index in [1.807, 2.05) is 12.1 Å². The lowest BCUT2D eigenvalue weighted by atomic mass is 9.92. The van der Waals surface area contributed by atoms with E-state index in [2.05, 4.69) is 34.5 Å². The largest absolute Gasteiger partial charge is 0.493 e. The van der Waals surface area contributed by atoms with E-state index in [1.165, 1.54) is 5.56 Å². The molecule has 0 saturated heterocycles. The Morgan fingerprint density at radius 2 is 2.20 bits per heavy atom. The Kier molecular flexibility index (Phi) is 3.69. The number of ether oxygens (including phenoxy) is 1. The number of rotatable bonds is 4. The molecule has 2 atom stereocenters. The van der Waals surface area contributed by atoms with Crippen molar-refractivity contribution in [1.29, 1.82) is 0 Å². The molecule has 2 aromatic rings. The van der Waals surface area contributed by atoms with Gasteiger partial charge >= 0.3 is 0 Å². The highest BCUT2D eigenvalue weighted by Gasteiger charge is 2.26. The third kappa shape index (κ3) is 2.67. The molecule has 0 amide bonds.